The molecule has 0 bridgehead atoms. The molecular weight excluding hydrogens is 356 g/mol. The summed E-state index contributed by atoms with van der Waals surface area (Å²) >= 11 is 1.58. The van der Waals surface area contributed by atoms with E-state index in [1.165, 1.54) is 4.88 Å². The molecule has 27 heavy (non-hydrogen) atoms. The summed E-state index contributed by atoms with van der Waals surface area (Å²) in [6.07, 6.45) is 3.77. The Hall–Kier alpha value is -2.21. The molecule has 142 valence electrons. The van der Waals surface area contributed by atoms with Gasteiger partial charge in [-0.2, -0.15) is 0 Å². The minimum atomic E-state index is 0.174. The Morgan fingerprint density at radius 2 is 2.19 bits per heavy atom. The van der Waals surface area contributed by atoms with E-state index in [1.54, 1.807) is 11.3 Å². The van der Waals surface area contributed by atoms with Crippen LogP contribution in [-0.4, -0.2) is 38.4 Å². The van der Waals surface area contributed by atoms with Gasteiger partial charge in [0.05, 0.1) is 4.88 Å². The molecule has 4 rings (SSSR count). The molecule has 0 aromatic carbocycles. The molecule has 3 aromatic heterocycles. The normalized spacial score (nSPS) is 17.3. The molecule has 1 aliphatic heterocycles. The molecule has 1 aliphatic rings. The van der Waals surface area contributed by atoms with Crippen molar-refractivity contribution >= 4 is 28.4 Å². The molecule has 0 radical (unpaired) electrons. The van der Waals surface area contributed by atoms with Gasteiger partial charge in [0.15, 0.2) is 5.65 Å². The lowest BCUT2D eigenvalue weighted by Crippen LogP contribution is -2.28. The third kappa shape index (κ3) is 3.76. The zero-order chi connectivity index (χ0) is 19.0. The van der Waals surface area contributed by atoms with Crippen molar-refractivity contribution in [3.63, 3.8) is 0 Å². The van der Waals surface area contributed by atoms with Gasteiger partial charge in [0.1, 0.15) is 11.3 Å². The van der Waals surface area contributed by atoms with Gasteiger partial charge < -0.3 is 9.47 Å². The maximum atomic E-state index is 12.7. The van der Waals surface area contributed by atoms with E-state index in [0.29, 0.717) is 11.8 Å². The first-order chi connectivity index (χ1) is 13.0. The maximum absolute atomic E-state index is 12.7. The zero-order valence-corrected chi connectivity index (χ0v) is 17.0. The number of fused-ring (bicyclic) bond motifs is 1. The number of rotatable bonds is 5. The van der Waals surface area contributed by atoms with Crippen LogP contribution >= 0.6 is 11.3 Å². The van der Waals surface area contributed by atoms with E-state index in [9.17, 15) is 4.79 Å². The van der Waals surface area contributed by atoms with Crippen LogP contribution in [-0.2, 0) is 13.0 Å². The summed E-state index contributed by atoms with van der Waals surface area (Å²) in [7, 11) is 0. The van der Waals surface area contributed by atoms with Crippen LogP contribution in [0.2, 0.25) is 0 Å². The monoisotopic (exact) mass is 382 g/mol. The van der Waals surface area contributed by atoms with Gasteiger partial charge in [-0.3, -0.25) is 4.79 Å². The van der Waals surface area contributed by atoms with Crippen molar-refractivity contribution in [3.8, 4) is 0 Å². The molecule has 6 heteroatoms. The lowest BCUT2D eigenvalue weighted by molar-refractivity contribution is 0.0791. The number of amides is 1. The Morgan fingerprint density at radius 3 is 2.93 bits per heavy atom. The zero-order valence-electron chi connectivity index (χ0n) is 16.2. The average Bonchev–Trinajstić information content (AvgIpc) is 3.35. The number of aryl methyl sites for hydroxylation is 1. The molecule has 5 nitrogen and oxygen atoms in total. The van der Waals surface area contributed by atoms with E-state index < -0.39 is 0 Å². The Labute approximate surface area is 164 Å². The number of imidazole rings is 1. The largest absolute Gasteiger partial charge is 0.338 e. The molecule has 1 amide bonds. The average molecular weight is 383 g/mol. The van der Waals surface area contributed by atoms with Crippen molar-refractivity contribution in [1.82, 2.24) is 19.4 Å². The van der Waals surface area contributed by atoms with Crippen LogP contribution in [0, 0.1) is 18.8 Å². The van der Waals surface area contributed by atoms with E-state index in [2.05, 4.69) is 23.4 Å². The van der Waals surface area contributed by atoms with Crippen molar-refractivity contribution in [2.45, 2.75) is 40.2 Å². The number of pyridine rings is 1. The van der Waals surface area contributed by atoms with Crippen LogP contribution in [0.1, 0.15) is 40.6 Å². The van der Waals surface area contributed by atoms with Gasteiger partial charge in [0, 0.05) is 37.1 Å². The highest BCUT2D eigenvalue weighted by molar-refractivity contribution is 7.13. The van der Waals surface area contributed by atoms with Crippen molar-refractivity contribution in [3.05, 3.63) is 46.0 Å². The molecular formula is C21H26N4OS. The van der Waals surface area contributed by atoms with Crippen molar-refractivity contribution in [1.29, 1.82) is 0 Å². The highest BCUT2D eigenvalue weighted by atomic mass is 32.1. The van der Waals surface area contributed by atoms with Crippen molar-refractivity contribution in [2.24, 2.45) is 11.8 Å². The Balaban J connectivity index is 1.50. The van der Waals surface area contributed by atoms with E-state index in [-0.39, 0.29) is 5.91 Å². The van der Waals surface area contributed by atoms with Crippen LogP contribution in [0.5, 0.6) is 0 Å². The number of nitrogens with zero attached hydrogens (tertiary/aromatic N) is 4. The molecule has 1 fully saturated rings. The number of hydrogen-bond donors (Lipinski definition) is 0. The molecule has 3 aromatic rings. The smallest absolute Gasteiger partial charge is 0.263 e. The molecule has 0 spiro atoms. The summed E-state index contributed by atoms with van der Waals surface area (Å²) in [5, 5.41) is 0. The Kier molecular flexibility index (Phi) is 5.00. The van der Waals surface area contributed by atoms with Gasteiger partial charge in [-0.25, -0.2) is 9.97 Å². The van der Waals surface area contributed by atoms with Gasteiger partial charge in [0.2, 0.25) is 0 Å². The molecule has 1 saturated heterocycles. The van der Waals surface area contributed by atoms with Crippen LogP contribution in [0.25, 0.3) is 11.2 Å². The van der Waals surface area contributed by atoms with Gasteiger partial charge in [-0.1, -0.05) is 13.8 Å². The van der Waals surface area contributed by atoms with E-state index in [4.69, 9.17) is 4.98 Å². The standard InChI is InChI=1S/C21H26N4OS/c1-14(2)12-25-19(23-17-5-4-9-22-20(17)25)11-16-8-10-24(13-16)21(26)18-7-6-15(3)27-18/h4-7,9,14,16H,8,10-13H2,1-3H3/t16-/m0/s1. The summed E-state index contributed by atoms with van der Waals surface area (Å²) in [6, 6.07) is 7.94. The van der Waals surface area contributed by atoms with Crippen LogP contribution < -0.4 is 0 Å². The van der Waals surface area contributed by atoms with Crippen LogP contribution in [0.15, 0.2) is 30.5 Å². The fourth-order valence-electron chi connectivity index (χ4n) is 3.87. The topological polar surface area (TPSA) is 51.0 Å². The first-order valence-corrected chi connectivity index (χ1v) is 10.5. The molecule has 0 saturated carbocycles. The highest BCUT2D eigenvalue weighted by Crippen LogP contribution is 2.26. The second-order valence-electron chi connectivity index (χ2n) is 7.90. The van der Waals surface area contributed by atoms with Crippen molar-refractivity contribution < 1.29 is 4.79 Å². The predicted molar refractivity (Wildman–Crippen MR) is 109 cm³/mol. The van der Waals surface area contributed by atoms with Crippen LogP contribution in [0.4, 0.5) is 0 Å². The first-order valence-electron chi connectivity index (χ1n) is 9.67. The van der Waals surface area contributed by atoms with Gasteiger partial charge >= 0.3 is 0 Å². The van der Waals surface area contributed by atoms with Gasteiger partial charge in [0.25, 0.3) is 5.91 Å². The maximum Gasteiger partial charge on any atom is 0.263 e. The second-order valence-corrected chi connectivity index (χ2v) is 9.19. The number of carbonyl (C=O) groups excluding carboxylic acids is 1. The number of carbonyl (C=O) groups is 1. The quantitative estimate of drug-likeness (QED) is 0.666. The minimum Gasteiger partial charge on any atom is -0.338 e. The van der Waals surface area contributed by atoms with Gasteiger partial charge in [-0.15, -0.1) is 11.3 Å². The lowest BCUT2D eigenvalue weighted by Gasteiger charge is -2.16. The summed E-state index contributed by atoms with van der Waals surface area (Å²) in [5.41, 5.74) is 1.94. The summed E-state index contributed by atoms with van der Waals surface area (Å²) in [6.45, 7) is 9.06. The number of thiophene rings is 1. The molecule has 4 heterocycles. The third-order valence-electron chi connectivity index (χ3n) is 5.13. The fraction of sp³-hybridized carbons (Fsp3) is 0.476. The van der Waals surface area contributed by atoms with E-state index >= 15 is 0 Å². The number of likely N-dealkylation sites (tertiary alicyclic amines) is 1. The first kappa shape index (κ1) is 18.2. The molecule has 0 N–H and O–H groups in total. The lowest BCUT2D eigenvalue weighted by atomic mass is 10.0. The minimum absolute atomic E-state index is 0.174. The van der Waals surface area contributed by atoms with E-state index in [1.807, 2.05) is 42.3 Å². The van der Waals surface area contributed by atoms with E-state index in [0.717, 1.165) is 54.3 Å². The molecule has 0 unspecified atom stereocenters. The van der Waals surface area contributed by atoms with Gasteiger partial charge in [-0.05, 0) is 49.4 Å². The summed E-state index contributed by atoms with van der Waals surface area (Å²) in [5.74, 6) is 2.27. The molecule has 1 atom stereocenters. The predicted octanol–water partition coefficient (Wildman–Crippen LogP) is 4.16. The fourth-order valence-corrected chi connectivity index (χ4v) is 4.70. The molecule has 0 aliphatic carbocycles. The summed E-state index contributed by atoms with van der Waals surface area (Å²) in [4.78, 5) is 26.2. The number of hydrogen-bond acceptors (Lipinski definition) is 4. The van der Waals surface area contributed by atoms with Crippen molar-refractivity contribution in [2.75, 3.05) is 13.1 Å². The number of aromatic nitrogens is 3. The summed E-state index contributed by atoms with van der Waals surface area (Å²) < 4.78 is 2.27. The Bertz CT molecular complexity index is 958. The Morgan fingerprint density at radius 1 is 1.33 bits per heavy atom. The van der Waals surface area contributed by atoms with Crippen LogP contribution in [0.3, 0.4) is 0 Å². The third-order valence-corrected chi connectivity index (χ3v) is 6.11. The highest BCUT2D eigenvalue weighted by Gasteiger charge is 2.29. The SMILES string of the molecule is Cc1ccc(C(=O)N2CC[C@@H](Cc3nc4cccnc4n3CC(C)C)C2)s1. The second kappa shape index (κ2) is 7.43.